The Balaban J connectivity index is 1.63. The highest BCUT2D eigenvalue weighted by atomic mass is 16.6. The van der Waals surface area contributed by atoms with Crippen LogP contribution < -0.4 is 20.1 Å². The molecule has 2 aromatic carbocycles. The molecule has 0 spiro atoms. The fourth-order valence-electron chi connectivity index (χ4n) is 3.12. The van der Waals surface area contributed by atoms with E-state index in [4.69, 9.17) is 14.2 Å². The first-order valence-electron chi connectivity index (χ1n) is 9.17. The Morgan fingerprint density at radius 3 is 2.43 bits per heavy atom. The van der Waals surface area contributed by atoms with E-state index in [1.165, 1.54) is 0 Å². The summed E-state index contributed by atoms with van der Waals surface area (Å²) < 4.78 is 16.6. The minimum Gasteiger partial charge on any atom is -0.486 e. The molecule has 0 saturated carbocycles. The lowest BCUT2D eigenvalue weighted by molar-refractivity contribution is -0.137. The molecule has 0 saturated heterocycles. The van der Waals surface area contributed by atoms with Crippen LogP contribution in [0.4, 0.5) is 5.69 Å². The van der Waals surface area contributed by atoms with E-state index in [2.05, 4.69) is 10.6 Å². The Bertz CT molecular complexity index is 834. The normalized spacial score (nSPS) is 14.6. The lowest BCUT2D eigenvalue weighted by atomic mass is 9.90. The topological polar surface area (TPSA) is 85.9 Å². The van der Waals surface area contributed by atoms with Gasteiger partial charge in [0.15, 0.2) is 11.5 Å². The predicted molar refractivity (Wildman–Crippen MR) is 104 cm³/mol. The number of carbonyl (C=O) groups excluding carboxylic acids is 2. The molecule has 1 aliphatic rings. The maximum Gasteiger partial charge on any atom is 0.313 e. The highest BCUT2D eigenvalue weighted by Gasteiger charge is 2.31. The van der Waals surface area contributed by atoms with E-state index in [-0.39, 0.29) is 6.54 Å². The molecule has 3 rings (SSSR count). The summed E-state index contributed by atoms with van der Waals surface area (Å²) in [6.45, 7) is 3.08. The first-order chi connectivity index (χ1) is 13.6. The van der Waals surface area contributed by atoms with Crippen molar-refractivity contribution < 1.29 is 23.8 Å². The van der Waals surface area contributed by atoms with Crippen molar-refractivity contribution in [3.05, 3.63) is 54.1 Å². The number of methoxy groups -OCH3 is 1. The minimum atomic E-state index is -0.758. The van der Waals surface area contributed by atoms with Gasteiger partial charge in [-0.25, -0.2) is 0 Å². The monoisotopic (exact) mass is 384 g/mol. The molecule has 0 aromatic heterocycles. The molecule has 2 amide bonds. The molecule has 28 heavy (non-hydrogen) atoms. The van der Waals surface area contributed by atoms with Crippen molar-refractivity contribution in [3.8, 4) is 11.5 Å². The Hall–Kier alpha value is -3.06. The zero-order valence-corrected chi connectivity index (χ0v) is 16.0. The van der Waals surface area contributed by atoms with Crippen LogP contribution >= 0.6 is 0 Å². The fraction of sp³-hybridized carbons (Fsp3) is 0.333. The van der Waals surface area contributed by atoms with Crippen molar-refractivity contribution in [2.45, 2.75) is 18.9 Å². The summed E-state index contributed by atoms with van der Waals surface area (Å²) in [5.74, 6) is -0.339. The molecule has 0 fully saturated rings. The lowest BCUT2D eigenvalue weighted by Gasteiger charge is -2.32. The van der Waals surface area contributed by atoms with Crippen LogP contribution in [-0.2, 0) is 19.9 Å². The maximum absolute atomic E-state index is 12.3. The second-order valence-corrected chi connectivity index (χ2v) is 6.41. The molecular weight excluding hydrogens is 360 g/mol. The van der Waals surface area contributed by atoms with Crippen molar-refractivity contribution in [1.29, 1.82) is 0 Å². The summed E-state index contributed by atoms with van der Waals surface area (Å²) in [7, 11) is 1.60. The van der Waals surface area contributed by atoms with Gasteiger partial charge in [0, 0.05) is 18.9 Å². The molecule has 1 unspecified atom stereocenters. The van der Waals surface area contributed by atoms with Gasteiger partial charge >= 0.3 is 11.8 Å². The fourth-order valence-corrected chi connectivity index (χ4v) is 3.12. The third-order valence-corrected chi connectivity index (χ3v) is 4.80. The quantitative estimate of drug-likeness (QED) is 0.748. The molecule has 1 aliphatic heterocycles. The van der Waals surface area contributed by atoms with Crippen molar-refractivity contribution in [3.63, 3.8) is 0 Å². The van der Waals surface area contributed by atoms with Crippen molar-refractivity contribution in [2.24, 2.45) is 0 Å². The van der Waals surface area contributed by atoms with Crippen molar-refractivity contribution in [1.82, 2.24) is 5.32 Å². The SMILES string of the molecule is CCC(CNC(=O)C(=O)Nc1ccc2c(c1)OCCO2)(OC)c1ccccc1. The Kier molecular flexibility index (Phi) is 6.16. The number of rotatable bonds is 6. The van der Waals surface area contributed by atoms with E-state index in [9.17, 15) is 9.59 Å². The van der Waals surface area contributed by atoms with E-state index >= 15 is 0 Å². The predicted octanol–water partition coefficient (Wildman–Crippen LogP) is 2.46. The number of carbonyl (C=O) groups is 2. The van der Waals surface area contributed by atoms with Gasteiger partial charge in [-0.2, -0.15) is 0 Å². The van der Waals surface area contributed by atoms with Gasteiger partial charge in [0.05, 0.1) is 6.54 Å². The molecule has 2 N–H and O–H groups in total. The number of nitrogens with one attached hydrogen (secondary N) is 2. The molecule has 7 heteroatoms. The van der Waals surface area contributed by atoms with Crippen LogP contribution in [0.3, 0.4) is 0 Å². The summed E-state index contributed by atoms with van der Waals surface area (Å²) in [4.78, 5) is 24.6. The molecule has 7 nitrogen and oxygen atoms in total. The summed E-state index contributed by atoms with van der Waals surface area (Å²) in [6.07, 6.45) is 0.636. The zero-order valence-electron chi connectivity index (χ0n) is 16.0. The summed E-state index contributed by atoms with van der Waals surface area (Å²) in [5, 5.41) is 5.25. The molecule has 148 valence electrons. The zero-order chi connectivity index (χ0) is 20.0. The number of hydrogen-bond donors (Lipinski definition) is 2. The van der Waals surface area contributed by atoms with Crippen LogP contribution in [0.1, 0.15) is 18.9 Å². The average Bonchev–Trinajstić information content (AvgIpc) is 2.75. The summed E-state index contributed by atoms with van der Waals surface area (Å²) >= 11 is 0. The van der Waals surface area contributed by atoms with Gasteiger partial charge in [-0.3, -0.25) is 9.59 Å². The lowest BCUT2D eigenvalue weighted by Crippen LogP contribution is -2.45. The molecule has 0 radical (unpaired) electrons. The number of hydrogen-bond acceptors (Lipinski definition) is 5. The van der Waals surface area contributed by atoms with Crippen molar-refractivity contribution in [2.75, 3.05) is 32.2 Å². The van der Waals surface area contributed by atoms with Crippen LogP contribution in [0, 0.1) is 0 Å². The first-order valence-corrected chi connectivity index (χ1v) is 9.17. The van der Waals surface area contributed by atoms with Crippen LogP contribution in [0.15, 0.2) is 48.5 Å². The van der Waals surface area contributed by atoms with E-state index in [0.717, 1.165) is 5.56 Å². The molecule has 0 aliphatic carbocycles. The second-order valence-electron chi connectivity index (χ2n) is 6.41. The van der Waals surface area contributed by atoms with Gasteiger partial charge in [-0.05, 0) is 24.1 Å². The number of amides is 2. The van der Waals surface area contributed by atoms with E-state index in [1.807, 2.05) is 37.3 Å². The number of benzene rings is 2. The van der Waals surface area contributed by atoms with E-state index in [1.54, 1.807) is 25.3 Å². The molecule has 1 atom stereocenters. The number of ether oxygens (including phenoxy) is 3. The highest BCUT2D eigenvalue weighted by molar-refractivity contribution is 6.39. The van der Waals surface area contributed by atoms with Crippen LogP contribution in [-0.4, -0.2) is 38.7 Å². The van der Waals surface area contributed by atoms with Gasteiger partial charge in [-0.1, -0.05) is 37.3 Å². The molecule has 0 bridgehead atoms. The standard InChI is InChI=1S/C21H24N2O5/c1-3-21(26-2,15-7-5-4-6-8-15)14-22-19(24)20(25)23-16-9-10-17-18(13-16)28-12-11-27-17/h4-10,13H,3,11-12,14H2,1-2H3,(H,22,24)(H,23,25). The van der Waals surface area contributed by atoms with Gasteiger partial charge in [0.25, 0.3) is 0 Å². The van der Waals surface area contributed by atoms with Gasteiger partial charge in [-0.15, -0.1) is 0 Å². The Labute approximate surface area is 164 Å². The third kappa shape index (κ3) is 4.26. The number of fused-ring (bicyclic) bond motifs is 1. The minimum absolute atomic E-state index is 0.178. The third-order valence-electron chi connectivity index (χ3n) is 4.80. The maximum atomic E-state index is 12.3. The van der Waals surface area contributed by atoms with E-state index in [0.29, 0.717) is 36.8 Å². The smallest absolute Gasteiger partial charge is 0.313 e. The van der Waals surface area contributed by atoms with E-state index < -0.39 is 17.4 Å². The van der Waals surface area contributed by atoms with Crippen LogP contribution in [0.2, 0.25) is 0 Å². The Morgan fingerprint density at radius 2 is 1.75 bits per heavy atom. The van der Waals surface area contributed by atoms with Crippen LogP contribution in [0.5, 0.6) is 11.5 Å². The average molecular weight is 384 g/mol. The van der Waals surface area contributed by atoms with Gasteiger partial charge in [0.1, 0.15) is 18.8 Å². The first kappa shape index (κ1) is 19.7. The molecular formula is C21H24N2O5. The molecule has 1 heterocycles. The summed E-state index contributed by atoms with van der Waals surface area (Å²) in [6, 6.07) is 14.6. The van der Waals surface area contributed by atoms with Crippen molar-refractivity contribution >= 4 is 17.5 Å². The Morgan fingerprint density at radius 1 is 1.04 bits per heavy atom. The van der Waals surface area contributed by atoms with Gasteiger partial charge < -0.3 is 24.8 Å². The van der Waals surface area contributed by atoms with Crippen LogP contribution in [0.25, 0.3) is 0 Å². The number of anilines is 1. The second kappa shape index (κ2) is 8.75. The summed E-state index contributed by atoms with van der Waals surface area (Å²) in [5.41, 5.74) is 0.697. The largest absolute Gasteiger partial charge is 0.486 e. The molecule has 2 aromatic rings. The van der Waals surface area contributed by atoms with Gasteiger partial charge in [0.2, 0.25) is 0 Å². The highest BCUT2D eigenvalue weighted by Crippen LogP contribution is 2.32.